The number of nitrogens with one attached hydrogen (secondary N) is 3. The van der Waals surface area contributed by atoms with Crippen molar-refractivity contribution in [1.82, 2.24) is 16.0 Å². The summed E-state index contributed by atoms with van der Waals surface area (Å²) < 4.78 is 119. The molecule has 15 N–H and O–H groups in total. The number of aliphatic hydroxyl groups is 9. The minimum Gasteiger partial charge on any atom is -0.394 e. The third-order valence-corrected chi connectivity index (χ3v) is 17.6. The van der Waals surface area contributed by atoms with Crippen molar-refractivity contribution in [3.05, 3.63) is 0 Å². The molecule has 36 nitrogen and oxygen atoms in total. The Morgan fingerprint density at radius 3 is 0.868 bits per heavy atom. The van der Waals surface area contributed by atoms with Crippen molar-refractivity contribution in [2.45, 2.75) is 204 Å². The highest BCUT2D eigenvalue weighted by atomic mass is 31.2. The Morgan fingerprint density at radius 2 is 0.648 bits per heavy atom. The molecule has 0 spiro atoms. The molecule has 3 fully saturated rings. The van der Waals surface area contributed by atoms with Crippen LogP contribution < -0.4 is 16.0 Å². The number of phosphoric ester groups is 3. The van der Waals surface area contributed by atoms with Gasteiger partial charge in [0.2, 0.25) is 17.7 Å². The first-order valence-electron chi connectivity index (χ1n) is 30.1. The van der Waals surface area contributed by atoms with Crippen LogP contribution in [0.25, 0.3) is 0 Å². The average molecular weight is 1390 g/mol. The van der Waals surface area contributed by atoms with E-state index in [9.17, 15) is 88.7 Å². The van der Waals surface area contributed by atoms with Gasteiger partial charge in [-0.15, -0.1) is 0 Å². The van der Waals surface area contributed by atoms with Crippen LogP contribution in [0.3, 0.4) is 0 Å². The summed E-state index contributed by atoms with van der Waals surface area (Å²) in [5, 5.41) is 98.0. The van der Waals surface area contributed by atoms with E-state index >= 15 is 0 Å². The molecule has 0 aliphatic carbocycles. The molecule has 91 heavy (non-hydrogen) atoms. The lowest BCUT2D eigenvalue weighted by Crippen LogP contribution is -2.64. The molecule has 18 atom stereocenters. The lowest BCUT2D eigenvalue weighted by molar-refractivity contribution is -0.270. The summed E-state index contributed by atoms with van der Waals surface area (Å²) in [4.78, 5) is 66.2. The summed E-state index contributed by atoms with van der Waals surface area (Å²) in [7, 11) is -14.0. The lowest BCUT2D eigenvalue weighted by Gasteiger charge is -2.42. The molecule has 0 aromatic heterocycles. The van der Waals surface area contributed by atoms with Gasteiger partial charge in [0.15, 0.2) is 39.2 Å². The van der Waals surface area contributed by atoms with Crippen molar-refractivity contribution in [3.8, 4) is 0 Å². The Hall–Kier alpha value is -1.98. The maximum absolute atomic E-state index is 12.8. The standard InChI is InChI=1S/C52H100N3O33P3/c1-33(2)52(27-74-30-83-89(68,69)80-21-15-9-6-12-18-77-49-40(53-34(3)59)46(65)43(62)37(24-56)86-49,28-75-31-84-90(70,71)81-22-16-10-7-13-19-78-50-41(54-35(4)60)47(66)44(63)38(25-57)87-50)29-76-32-85-91(72,73)82-23-17-11-8-14-20-79-51-42(55-36(5)61)48(67)45(64)39(26-58)88-51/h33,37-51,56-58,62-67H,6-32H2,1-5H3,(H,53,59)(H,54,60)(H,55,61)(H,68,69)(H,70,71)(H,72,73)/t37?,38?,39?,40-,41-,42?,43?,44?,45?,46?,47?,48?,49?,50?,51?,52?/m0/s1. The van der Waals surface area contributed by atoms with E-state index in [1.54, 1.807) is 13.8 Å². The Balaban J connectivity index is 1.47. The molecular formula is C52H100N3O33P3. The molecule has 0 radical (unpaired) electrons. The Morgan fingerprint density at radius 1 is 0.407 bits per heavy atom. The predicted molar refractivity (Wildman–Crippen MR) is 310 cm³/mol. The van der Waals surface area contributed by atoms with Crippen molar-refractivity contribution in [1.29, 1.82) is 0 Å². The first-order valence-corrected chi connectivity index (χ1v) is 34.6. The molecule has 536 valence electrons. The highest BCUT2D eigenvalue weighted by molar-refractivity contribution is 7.47. The van der Waals surface area contributed by atoms with Crippen molar-refractivity contribution in [2.24, 2.45) is 11.3 Å². The van der Waals surface area contributed by atoms with E-state index in [0.29, 0.717) is 77.0 Å². The number of rotatable bonds is 49. The molecule has 39 heteroatoms. The van der Waals surface area contributed by atoms with Gasteiger partial charge >= 0.3 is 23.5 Å². The molecule has 16 unspecified atom stereocenters. The van der Waals surface area contributed by atoms with E-state index in [1.165, 1.54) is 20.8 Å². The zero-order chi connectivity index (χ0) is 67.8. The highest BCUT2D eigenvalue weighted by Gasteiger charge is 2.48. The molecule has 3 aliphatic rings. The molecule has 0 aromatic carbocycles. The molecule has 3 amide bonds. The van der Waals surface area contributed by atoms with Gasteiger partial charge in [0.25, 0.3) is 0 Å². The van der Waals surface area contributed by atoms with Crippen LogP contribution in [0.15, 0.2) is 0 Å². The number of carbonyl (C=O) groups excluding carboxylic acids is 3. The number of amides is 3. The second-order valence-corrected chi connectivity index (χ2v) is 26.7. The van der Waals surface area contributed by atoms with Crippen molar-refractivity contribution in [2.75, 3.05) is 99.7 Å². The monoisotopic (exact) mass is 1390 g/mol. The van der Waals surface area contributed by atoms with E-state index in [1.807, 2.05) is 0 Å². The number of hydrogen-bond acceptors (Lipinski definition) is 30. The Bertz CT molecular complexity index is 1980. The van der Waals surface area contributed by atoms with Gasteiger partial charge in [-0.1, -0.05) is 52.4 Å². The molecule has 0 bridgehead atoms. The van der Waals surface area contributed by atoms with Gasteiger partial charge in [-0.3, -0.25) is 41.5 Å². The van der Waals surface area contributed by atoms with E-state index < -0.39 is 185 Å². The maximum Gasteiger partial charge on any atom is 0.474 e. The van der Waals surface area contributed by atoms with Gasteiger partial charge in [0, 0.05) is 46.0 Å². The van der Waals surface area contributed by atoms with E-state index in [-0.39, 0.29) is 59.5 Å². The van der Waals surface area contributed by atoms with Crippen LogP contribution in [0.4, 0.5) is 0 Å². The maximum atomic E-state index is 12.8. The highest BCUT2D eigenvalue weighted by Crippen LogP contribution is 2.46. The first kappa shape index (κ1) is 83.2. The van der Waals surface area contributed by atoms with Crippen LogP contribution >= 0.6 is 23.5 Å². The number of aliphatic hydroxyl groups excluding tert-OH is 9. The van der Waals surface area contributed by atoms with E-state index in [2.05, 4.69) is 16.0 Å². The molecule has 0 aromatic rings. The number of hydrogen-bond donors (Lipinski definition) is 15. The van der Waals surface area contributed by atoms with Crippen LogP contribution in [0, 0.1) is 11.3 Å². The van der Waals surface area contributed by atoms with Crippen LogP contribution in [0.5, 0.6) is 0 Å². The van der Waals surface area contributed by atoms with E-state index in [4.69, 9.17) is 69.8 Å². The van der Waals surface area contributed by atoms with Crippen molar-refractivity contribution < 1.29 is 158 Å². The van der Waals surface area contributed by atoms with Crippen LogP contribution in [-0.4, -0.2) is 270 Å². The molecule has 3 rings (SSSR count). The lowest BCUT2D eigenvalue weighted by atomic mass is 9.79. The summed E-state index contributed by atoms with van der Waals surface area (Å²) >= 11 is 0. The number of ether oxygens (including phenoxy) is 9. The summed E-state index contributed by atoms with van der Waals surface area (Å²) in [6.07, 6.45) is -10.2. The van der Waals surface area contributed by atoms with Crippen molar-refractivity contribution >= 4 is 41.2 Å². The van der Waals surface area contributed by atoms with Crippen LogP contribution in [0.1, 0.15) is 112 Å². The fourth-order valence-electron chi connectivity index (χ4n) is 9.43. The Labute approximate surface area is 528 Å². The first-order chi connectivity index (χ1) is 43.0. The van der Waals surface area contributed by atoms with Gasteiger partial charge in [0.05, 0.1) is 59.5 Å². The quantitative estimate of drug-likeness (QED) is 0.0187. The zero-order valence-corrected chi connectivity index (χ0v) is 54.8. The largest absolute Gasteiger partial charge is 0.474 e. The number of unbranched alkanes of at least 4 members (excludes halogenated alkanes) is 9. The van der Waals surface area contributed by atoms with Crippen LogP contribution in [0.2, 0.25) is 0 Å². The number of phosphoric acid groups is 3. The zero-order valence-electron chi connectivity index (χ0n) is 52.1. The SMILES string of the molecule is CC(=O)NC1C(OCCCCCCOP(=O)(O)OCOCC(COCOP(=O)(O)OCCCCCCOC2OC(CO)C(O)C(O)[C@@H]2NC(C)=O)(COCOP(=O)(O)OCCCCCCOC2OC(CO)C(O)C(O)[C@@H]2NC(C)=O)C(C)C)OC(CO)C(O)C1O. The van der Waals surface area contributed by atoms with Gasteiger partial charge in [-0.05, 0) is 44.4 Å². The molecule has 0 saturated carbocycles. The predicted octanol–water partition coefficient (Wildman–Crippen LogP) is -1.49. The topological polar surface area (TPSA) is 520 Å². The summed E-state index contributed by atoms with van der Waals surface area (Å²) in [6, 6.07) is -3.29. The summed E-state index contributed by atoms with van der Waals surface area (Å²) in [6.45, 7) is 1.61. The molecule has 3 aliphatic heterocycles. The van der Waals surface area contributed by atoms with Gasteiger partial charge in [-0.25, -0.2) is 13.7 Å². The molecule has 3 heterocycles. The summed E-state index contributed by atoms with van der Waals surface area (Å²) in [5.74, 6) is -1.95. The third-order valence-electron chi connectivity index (χ3n) is 14.8. The fourth-order valence-corrected chi connectivity index (χ4v) is 11.4. The van der Waals surface area contributed by atoms with E-state index in [0.717, 1.165) is 0 Å². The van der Waals surface area contributed by atoms with Gasteiger partial charge < -0.3 is 119 Å². The third kappa shape index (κ3) is 31.0. The normalized spacial score (nSPS) is 29.8. The molecular weight excluding hydrogens is 1290 g/mol. The Kier molecular flexibility index (Phi) is 39.6. The molecule has 3 saturated heterocycles. The van der Waals surface area contributed by atoms with Gasteiger partial charge in [0.1, 0.15) is 73.1 Å². The fraction of sp³-hybridized carbons (Fsp3) is 0.942. The smallest absolute Gasteiger partial charge is 0.394 e. The minimum atomic E-state index is -4.68. The summed E-state index contributed by atoms with van der Waals surface area (Å²) in [5.41, 5.74) is -1.24. The van der Waals surface area contributed by atoms with Crippen LogP contribution in [-0.2, 0) is 97.9 Å². The van der Waals surface area contributed by atoms with Crippen molar-refractivity contribution in [3.63, 3.8) is 0 Å². The second-order valence-electron chi connectivity index (χ2n) is 22.4. The number of carbonyl (C=O) groups is 3. The minimum absolute atomic E-state index is 0.103. The average Bonchev–Trinajstić information content (AvgIpc) is 0.894. The second kappa shape index (κ2) is 43.3. The van der Waals surface area contributed by atoms with Gasteiger partial charge in [-0.2, -0.15) is 0 Å².